The SMILES string of the molecule is CNS(=O)(=O)CCNC(=O)CCCN1C(=O)c2ccccc2C1=O. The first-order valence-electron chi connectivity index (χ1n) is 7.49. The molecule has 1 aromatic carbocycles. The van der Waals surface area contributed by atoms with Gasteiger partial charge < -0.3 is 5.32 Å². The van der Waals surface area contributed by atoms with Crippen LogP contribution in [0.2, 0.25) is 0 Å². The Morgan fingerprint density at radius 2 is 1.71 bits per heavy atom. The molecule has 0 spiro atoms. The van der Waals surface area contributed by atoms with Gasteiger partial charge >= 0.3 is 0 Å². The predicted molar refractivity (Wildman–Crippen MR) is 86.9 cm³/mol. The number of hydrogen-bond acceptors (Lipinski definition) is 5. The van der Waals surface area contributed by atoms with E-state index in [1.54, 1.807) is 24.3 Å². The van der Waals surface area contributed by atoms with Crippen LogP contribution in [-0.4, -0.2) is 56.9 Å². The maximum Gasteiger partial charge on any atom is 0.261 e. The van der Waals surface area contributed by atoms with Crippen LogP contribution in [0.15, 0.2) is 24.3 Å². The van der Waals surface area contributed by atoms with E-state index in [0.29, 0.717) is 17.5 Å². The molecule has 0 radical (unpaired) electrons. The normalized spacial score (nSPS) is 14.0. The molecule has 0 aliphatic carbocycles. The minimum absolute atomic E-state index is 0.00895. The number of fused-ring (bicyclic) bond motifs is 1. The smallest absolute Gasteiger partial charge is 0.261 e. The standard InChI is InChI=1S/C15H19N3O5S/c1-16-24(22,23)10-8-17-13(19)7-4-9-18-14(20)11-5-2-3-6-12(11)15(18)21/h2-3,5-6,16H,4,7-10H2,1H3,(H,17,19). The van der Waals surface area contributed by atoms with Crippen molar-refractivity contribution in [3.05, 3.63) is 35.4 Å². The number of benzene rings is 1. The number of amides is 3. The fourth-order valence-corrected chi connectivity index (χ4v) is 2.93. The molecule has 2 N–H and O–H groups in total. The van der Waals surface area contributed by atoms with Crippen LogP contribution in [0.25, 0.3) is 0 Å². The van der Waals surface area contributed by atoms with E-state index in [1.807, 2.05) is 0 Å². The molecular weight excluding hydrogens is 334 g/mol. The molecule has 0 atom stereocenters. The second-order valence-corrected chi connectivity index (χ2v) is 7.33. The molecule has 1 heterocycles. The summed E-state index contributed by atoms with van der Waals surface area (Å²) in [5.41, 5.74) is 0.758. The zero-order valence-corrected chi connectivity index (χ0v) is 14.1. The second-order valence-electron chi connectivity index (χ2n) is 5.28. The van der Waals surface area contributed by atoms with Crippen LogP contribution in [0.4, 0.5) is 0 Å². The van der Waals surface area contributed by atoms with Gasteiger partial charge in [0.2, 0.25) is 15.9 Å². The lowest BCUT2D eigenvalue weighted by molar-refractivity contribution is -0.121. The quantitative estimate of drug-likeness (QED) is 0.625. The largest absolute Gasteiger partial charge is 0.355 e. The van der Waals surface area contributed by atoms with Crippen LogP contribution in [-0.2, 0) is 14.8 Å². The molecule has 1 aliphatic heterocycles. The van der Waals surface area contributed by atoms with Gasteiger partial charge in [0.1, 0.15) is 0 Å². The van der Waals surface area contributed by atoms with E-state index in [1.165, 1.54) is 7.05 Å². The van der Waals surface area contributed by atoms with Crippen molar-refractivity contribution in [2.75, 3.05) is 25.9 Å². The Labute approximate surface area is 140 Å². The van der Waals surface area contributed by atoms with E-state index in [-0.39, 0.29) is 43.0 Å². The van der Waals surface area contributed by atoms with Crippen LogP contribution in [0, 0.1) is 0 Å². The molecule has 2 rings (SSSR count). The second kappa shape index (κ2) is 7.54. The Hall–Kier alpha value is -2.26. The maximum atomic E-state index is 12.1. The van der Waals surface area contributed by atoms with E-state index >= 15 is 0 Å². The summed E-state index contributed by atoms with van der Waals surface area (Å²) < 4.78 is 24.6. The minimum atomic E-state index is -3.36. The molecule has 1 aliphatic rings. The summed E-state index contributed by atoms with van der Waals surface area (Å²) in [5.74, 6) is -1.22. The average molecular weight is 353 g/mol. The van der Waals surface area contributed by atoms with E-state index in [4.69, 9.17) is 0 Å². The zero-order valence-electron chi connectivity index (χ0n) is 13.2. The summed E-state index contributed by atoms with van der Waals surface area (Å²) in [6.07, 6.45) is 0.420. The van der Waals surface area contributed by atoms with Crippen LogP contribution in [0.1, 0.15) is 33.6 Å². The summed E-state index contributed by atoms with van der Waals surface area (Å²) in [4.78, 5) is 37.0. The lowest BCUT2D eigenvalue weighted by Crippen LogP contribution is -2.34. The summed E-state index contributed by atoms with van der Waals surface area (Å²) in [7, 11) is -2.05. The lowest BCUT2D eigenvalue weighted by Gasteiger charge is -2.13. The number of nitrogens with zero attached hydrogens (tertiary/aromatic N) is 1. The highest BCUT2D eigenvalue weighted by Crippen LogP contribution is 2.22. The number of nitrogens with one attached hydrogen (secondary N) is 2. The number of carbonyl (C=O) groups is 3. The molecule has 3 amide bonds. The van der Waals surface area contributed by atoms with E-state index in [2.05, 4.69) is 10.0 Å². The molecule has 0 aromatic heterocycles. The first-order chi connectivity index (χ1) is 11.4. The van der Waals surface area contributed by atoms with Crippen molar-refractivity contribution in [1.29, 1.82) is 0 Å². The van der Waals surface area contributed by atoms with Crippen molar-refractivity contribution < 1.29 is 22.8 Å². The maximum absolute atomic E-state index is 12.1. The van der Waals surface area contributed by atoms with Crippen LogP contribution >= 0.6 is 0 Å². The fourth-order valence-electron chi connectivity index (χ4n) is 2.36. The first-order valence-corrected chi connectivity index (χ1v) is 9.14. The van der Waals surface area contributed by atoms with Crippen LogP contribution in [0.3, 0.4) is 0 Å². The number of rotatable bonds is 8. The van der Waals surface area contributed by atoms with Crippen molar-refractivity contribution in [2.45, 2.75) is 12.8 Å². The Morgan fingerprint density at radius 3 is 2.25 bits per heavy atom. The molecule has 0 saturated heterocycles. The average Bonchev–Trinajstić information content (AvgIpc) is 2.80. The highest BCUT2D eigenvalue weighted by Gasteiger charge is 2.34. The molecule has 24 heavy (non-hydrogen) atoms. The van der Waals surface area contributed by atoms with Gasteiger partial charge in [-0.1, -0.05) is 12.1 Å². The number of sulfonamides is 1. The topological polar surface area (TPSA) is 113 Å². The van der Waals surface area contributed by atoms with E-state index < -0.39 is 10.0 Å². The van der Waals surface area contributed by atoms with Gasteiger partial charge in [0.25, 0.3) is 11.8 Å². The van der Waals surface area contributed by atoms with Crippen LogP contribution < -0.4 is 10.0 Å². The van der Waals surface area contributed by atoms with Crippen molar-refractivity contribution >= 4 is 27.7 Å². The monoisotopic (exact) mass is 353 g/mol. The minimum Gasteiger partial charge on any atom is -0.355 e. The molecule has 8 nitrogen and oxygen atoms in total. The Bertz CT molecular complexity index is 725. The van der Waals surface area contributed by atoms with Gasteiger partial charge in [-0.25, -0.2) is 13.1 Å². The van der Waals surface area contributed by atoms with Crippen LogP contribution in [0.5, 0.6) is 0 Å². The van der Waals surface area contributed by atoms with Crippen molar-refractivity contribution in [2.24, 2.45) is 0 Å². The van der Waals surface area contributed by atoms with E-state index in [0.717, 1.165) is 4.90 Å². The summed E-state index contributed by atoms with van der Waals surface area (Å²) >= 11 is 0. The highest BCUT2D eigenvalue weighted by molar-refractivity contribution is 7.89. The summed E-state index contributed by atoms with van der Waals surface area (Å²) in [5, 5.41) is 2.49. The summed E-state index contributed by atoms with van der Waals surface area (Å²) in [6, 6.07) is 6.59. The lowest BCUT2D eigenvalue weighted by atomic mass is 10.1. The highest BCUT2D eigenvalue weighted by atomic mass is 32.2. The van der Waals surface area contributed by atoms with Gasteiger partial charge in [-0.15, -0.1) is 0 Å². The van der Waals surface area contributed by atoms with Crippen molar-refractivity contribution in [1.82, 2.24) is 14.9 Å². The molecular formula is C15H19N3O5S. The molecule has 0 fully saturated rings. The third-order valence-electron chi connectivity index (χ3n) is 3.67. The fraction of sp³-hybridized carbons (Fsp3) is 0.400. The first kappa shape index (κ1) is 18.1. The molecule has 0 unspecified atom stereocenters. The number of hydrogen-bond donors (Lipinski definition) is 2. The predicted octanol–water partition coefficient (Wildman–Crippen LogP) is -0.272. The van der Waals surface area contributed by atoms with Gasteiger partial charge in [-0.2, -0.15) is 0 Å². The van der Waals surface area contributed by atoms with Gasteiger partial charge in [0.05, 0.1) is 16.9 Å². The van der Waals surface area contributed by atoms with Gasteiger partial charge in [-0.05, 0) is 25.6 Å². The van der Waals surface area contributed by atoms with Gasteiger partial charge in [0, 0.05) is 19.5 Å². The van der Waals surface area contributed by atoms with E-state index in [9.17, 15) is 22.8 Å². The van der Waals surface area contributed by atoms with Gasteiger partial charge in [-0.3, -0.25) is 19.3 Å². The Balaban J connectivity index is 1.76. The molecule has 0 bridgehead atoms. The Kier molecular flexibility index (Phi) is 5.68. The van der Waals surface area contributed by atoms with Gasteiger partial charge in [0.15, 0.2) is 0 Å². The molecule has 1 aromatic rings. The third-order valence-corrected chi connectivity index (χ3v) is 5.03. The number of imide groups is 1. The number of carbonyl (C=O) groups excluding carboxylic acids is 3. The molecule has 130 valence electrons. The zero-order chi connectivity index (χ0) is 17.7. The molecule has 9 heteroatoms. The Morgan fingerprint density at radius 1 is 1.12 bits per heavy atom. The molecule has 0 saturated carbocycles. The third kappa shape index (κ3) is 4.18. The summed E-state index contributed by atoms with van der Waals surface area (Å²) in [6.45, 7) is 0.156. The van der Waals surface area contributed by atoms with Crippen molar-refractivity contribution in [3.63, 3.8) is 0 Å². The van der Waals surface area contributed by atoms with Crippen molar-refractivity contribution in [3.8, 4) is 0 Å².